The summed E-state index contributed by atoms with van der Waals surface area (Å²) in [4.78, 5) is 2.08. The number of hydrogen-bond acceptors (Lipinski definition) is 2. The van der Waals surface area contributed by atoms with E-state index < -0.39 is 0 Å². The Kier molecular flexibility index (Phi) is 4.30. The van der Waals surface area contributed by atoms with E-state index in [-0.39, 0.29) is 5.84 Å². The summed E-state index contributed by atoms with van der Waals surface area (Å²) in [6, 6.07) is 13.6. The molecule has 3 nitrogen and oxygen atoms in total. The number of nitrogens with zero attached hydrogens (tertiary/aromatic N) is 1. The third kappa shape index (κ3) is 2.94. The summed E-state index contributed by atoms with van der Waals surface area (Å²) in [7, 11) is 1.98. The molecule has 0 saturated heterocycles. The monoisotopic (exact) mass is 287 g/mol. The van der Waals surface area contributed by atoms with Crippen molar-refractivity contribution >= 4 is 23.1 Å². The smallest absolute Gasteiger partial charge is 0.124 e. The van der Waals surface area contributed by atoms with Crippen LogP contribution in [0.2, 0.25) is 5.02 Å². The molecule has 0 fully saturated rings. The van der Waals surface area contributed by atoms with Gasteiger partial charge in [0, 0.05) is 24.2 Å². The van der Waals surface area contributed by atoms with Crippen molar-refractivity contribution in [2.45, 2.75) is 13.5 Å². The zero-order chi connectivity index (χ0) is 14.7. The first-order chi connectivity index (χ1) is 9.50. The van der Waals surface area contributed by atoms with Crippen LogP contribution >= 0.6 is 11.6 Å². The summed E-state index contributed by atoms with van der Waals surface area (Å²) in [5.41, 5.74) is 9.54. The molecule has 0 radical (unpaired) electrons. The van der Waals surface area contributed by atoms with Crippen LogP contribution in [-0.2, 0) is 6.54 Å². The lowest BCUT2D eigenvalue weighted by atomic mass is 10.1. The highest BCUT2D eigenvalue weighted by Gasteiger charge is 2.13. The van der Waals surface area contributed by atoms with Gasteiger partial charge in [-0.25, -0.2) is 0 Å². The van der Waals surface area contributed by atoms with Gasteiger partial charge in [-0.3, -0.25) is 5.41 Å². The second-order valence-corrected chi connectivity index (χ2v) is 5.24. The van der Waals surface area contributed by atoms with E-state index in [1.165, 1.54) is 0 Å². The highest BCUT2D eigenvalue weighted by Crippen LogP contribution is 2.26. The topological polar surface area (TPSA) is 53.1 Å². The van der Waals surface area contributed by atoms with E-state index in [1.807, 2.05) is 56.4 Å². The van der Waals surface area contributed by atoms with E-state index in [2.05, 4.69) is 4.90 Å². The molecular weight excluding hydrogens is 270 g/mol. The fraction of sp³-hybridized carbons (Fsp3) is 0.188. The molecule has 20 heavy (non-hydrogen) atoms. The van der Waals surface area contributed by atoms with Gasteiger partial charge in [-0.15, -0.1) is 0 Å². The second-order valence-electron chi connectivity index (χ2n) is 4.83. The number of benzene rings is 2. The molecule has 2 aromatic rings. The average molecular weight is 288 g/mol. The Morgan fingerprint density at radius 1 is 1.20 bits per heavy atom. The van der Waals surface area contributed by atoms with Gasteiger partial charge in [-0.05, 0) is 30.2 Å². The molecule has 0 saturated carbocycles. The van der Waals surface area contributed by atoms with Gasteiger partial charge >= 0.3 is 0 Å². The number of para-hydroxylation sites is 1. The van der Waals surface area contributed by atoms with Gasteiger partial charge in [-0.2, -0.15) is 0 Å². The van der Waals surface area contributed by atoms with Gasteiger partial charge in [0.2, 0.25) is 0 Å². The first-order valence-electron chi connectivity index (χ1n) is 6.39. The Morgan fingerprint density at radius 3 is 2.55 bits per heavy atom. The first-order valence-corrected chi connectivity index (χ1v) is 6.77. The average Bonchev–Trinajstić information content (AvgIpc) is 2.40. The van der Waals surface area contributed by atoms with Crippen LogP contribution in [0.15, 0.2) is 42.5 Å². The van der Waals surface area contributed by atoms with Crippen LogP contribution in [0.3, 0.4) is 0 Å². The quantitative estimate of drug-likeness (QED) is 0.667. The molecular formula is C16H18ClN3. The maximum Gasteiger partial charge on any atom is 0.124 e. The van der Waals surface area contributed by atoms with Crippen molar-refractivity contribution in [2.24, 2.45) is 5.73 Å². The van der Waals surface area contributed by atoms with Crippen LogP contribution in [-0.4, -0.2) is 12.9 Å². The van der Waals surface area contributed by atoms with Crippen molar-refractivity contribution in [2.75, 3.05) is 11.9 Å². The number of rotatable bonds is 4. The molecule has 104 valence electrons. The molecule has 3 N–H and O–H groups in total. The fourth-order valence-electron chi connectivity index (χ4n) is 2.34. The number of hydrogen-bond donors (Lipinski definition) is 2. The number of nitrogens with one attached hydrogen (secondary N) is 1. The van der Waals surface area contributed by atoms with Crippen LogP contribution in [0, 0.1) is 12.3 Å². The molecule has 0 aromatic heterocycles. The minimum absolute atomic E-state index is 0.0784. The summed E-state index contributed by atoms with van der Waals surface area (Å²) < 4.78 is 0. The zero-order valence-corrected chi connectivity index (χ0v) is 12.4. The molecule has 2 rings (SSSR count). The predicted molar refractivity (Wildman–Crippen MR) is 85.8 cm³/mol. The van der Waals surface area contributed by atoms with E-state index in [1.54, 1.807) is 0 Å². The summed E-state index contributed by atoms with van der Waals surface area (Å²) in [5, 5.41) is 8.46. The molecule has 0 heterocycles. The van der Waals surface area contributed by atoms with Crippen LogP contribution in [0.25, 0.3) is 0 Å². The summed E-state index contributed by atoms with van der Waals surface area (Å²) >= 11 is 6.20. The summed E-state index contributed by atoms with van der Waals surface area (Å²) in [6.45, 7) is 2.69. The largest absolute Gasteiger partial charge is 0.384 e. The predicted octanol–water partition coefficient (Wildman–Crippen LogP) is 3.57. The van der Waals surface area contributed by atoms with Crippen molar-refractivity contribution in [3.05, 3.63) is 64.2 Å². The maximum atomic E-state index is 7.71. The van der Waals surface area contributed by atoms with Gasteiger partial charge in [0.1, 0.15) is 5.84 Å². The Hall–Kier alpha value is -2.00. The molecule has 0 atom stereocenters. The van der Waals surface area contributed by atoms with Crippen molar-refractivity contribution < 1.29 is 0 Å². The number of halogens is 1. The molecule has 0 spiro atoms. The zero-order valence-electron chi connectivity index (χ0n) is 11.7. The molecule has 0 aliphatic rings. The van der Waals surface area contributed by atoms with Gasteiger partial charge in [0.15, 0.2) is 0 Å². The van der Waals surface area contributed by atoms with Gasteiger partial charge in [0.05, 0.1) is 5.69 Å². The number of nitrogen functional groups attached to an aromatic ring is 1. The lowest BCUT2D eigenvalue weighted by molar-refractivity contribution is 0.915. The maximum absolute atomic E-state index is 7.71. The van der Waals surface area contributed by atoms with Crippen LogP contribution in [0.5, 0.6) is 0 Å². The lowest BCUT2D eigenvalue weighted by Crippen LogP contribution is -2.23. The summed E-state index contributed by atoms with van der Waals surface area (Å²) in [5.74, 6) is 0.0784. The van der Waals surface area contributed by atoms with Crippen molar-refractivity contribution in [3.8, 4) is 0 Å². The minimum Gasteiger partial charge on any atom is -0.384 e. The van der Waals surface area contributed by atoms with Crippen LogP contribution < -0.4 is 10.6 Å². The minimum atomic E-state index is 0.0784. The van der Waals surface area contributed by atoms with Crippen molar-refractivity contribution in [1.82, 2.24) is 0 Å². The third-order valence-corrected chi connectivity index (χ3v) is 3.64. The molecule has 2 aromatic carbocycles. The SMILES string of the molecule is Cc1cccc(C(=N)N)c1N(C)Cc1ccccc1Cl. The molecule has 0 bridgehead atoms. The van der Waals surface area contributed by atoms with Crippen LogP contribution in [0.1, 0.15) is 16.7 Å². The lowest BCUT2D eigenvalue weighted by Gasteiger charge is -2.24. The Morgan fingerprint density at radius 2 is 1.90 bits per heavy atom. The highest BCUT2D eigenvalue weighted by molar-refractivity contribution is 6.31. The Labute approximate surface area is 124 Å². The number of aryl methyl sites for hydroxylation is 1. The van der Waals surface area contributed by atoms with E-state index in [9.17, 15) is 0 Å². The van der Waals surface area contributed by atoms with Gasteiger partial charge in [-0.1, -0.05) is 41.9 Å². The van der Waals surface area contributed by atoms with Crippen molar-refractivity contribution in [1.29, 1.82) is 5.41 Å². The van der Waals surface area contributed by atoms with Gasteiger partial charge < -0.3 is 10.6 Å². The standard InChI is InChI=1S/C16H18ClN3/c1-11-6-5-8-13(16(18)19)15(11)20(2)10-12-7-3-4-9-14(12)17/h3-9H,10H2,1-2H3,(H3,18,19). The normalized spacial score (nSPS) is 10.3. The van der Waals surface area contributed by atoms with E-state index in [0.29, 0.717) is 6.54 Å². The molecule has 0 unspecified atom stereocenters. The first kappa shape index (κ1) is 14.4. The highest BCUT2D eigenvalue weighted by atomic mass is 35.5. The van der Waals surface area contributed by atoms with E-state index in [0.717, 1.165) is 27.4 Å². The van der Waals surface area contributed by atoms with E-state index in [4.69, 9.17) is 22.7 Å². The van der Waals surface area contributed by atoms with Crippen molar-refractivity contribution in [3.63, 3.8) is 0 Å². The fourth-order valence-corrected chi connectivity index (χ4v) is 2.54. The molecule has 0 aliphatic carbocycles. The van der Waals surface area contributed by atoms with Crippen LogP contribution in [0.4, 0.5) is 5.69 Å². The Balaban J connectivity index is 2.37. The molecule has 0 amide bonds. The number of anilines is 1. The molecule has 4 heteroatoms. The van der Waals surface area contributed by atoms with E-state index >= 15 is 0 Å². The Bertz CT molecular complexity index is 637. The number of amidine groups is 1. The number of nitrogens with two attached hydrogens (primary N) is 1. The molecule has 0 aliphatic heterocycles. The second kappa shape index (κ2) is 5.97. The van der Waals surface area contributed by atoms with Gasteiger partial charge in [0.25, 0.3) is 0 Å². The summed E-state index contributed by atoms with van der Waals surface area (Å²) in [6.07, 6.45) is 0. The third-order valence-electron chi connectivity index (χ3n) is 3.28.